The lowest BCUT2D eigenvalue weighted by Gasteiger charge is -2.19. The zero-order valence-electron chi connectivity index (χ0n) is 8.00. The van der Waals surface area contributed by atoms with E-state index >= 15 is 0 Å². The van der Waals surface area contributed by atoms with Crippen molar-refractivity contribution in [1.29, 1.82) is 0 Å². The van der Waals surface area contributed by atoms with Crippen LogP contribution in [0.3, 0.4) is 0 Å². The van der Waals surface area contributed by atoms with E-state index in [1.54, 1.807) is 18.2 Å². The average molecular weight is 227 g/mol. The monoisotopic (exact) mass is 226 g/mol. The molecule has 4 nitrogen and oxygen atoms in total. The summed E-state index contributed by atoms with van der Waals surface area (Å²) in [6.45, 7) is 0.434. The maximum atomic E-state index is 11.5. The summed E-state index contributed by atoms with van der Waals surface area (Å²) in [6, 6.07) is 4.56. The number of nitrogens with one attached hydrogen (secondary N) is 1. The molecule has 0 saturated carbocycles. The van der Waals surface area contributed by atoms with E-state index in [1.165, 1.54) is 0 Å². The number of halogens is 1. The fraction of sp³-hybridized carbons (Fsp3) is 0.300. The first-order valence-electron chi connectivity index (χ1n) is 4.65. The first-order valence-corrected chi connectivity index (χ1v) is 5.03. The van der Waals surface area contributed by atoms with Crippen LogP contribution in [-0.2, 0) is 4.79 Å². The van der Waals surface area contributed by atoms with E-state index in [-0.39, 0.29) is 5.91 Å². The van der Waals surface area contributed by atoms with Gasteiger partial charge in [0.1, 0.15) is 5.75 Å². The van der Waals surface area contributed by atoms with Crippen LogP contribution in [-0.4, -0.2) is 18.6 Å². The fourth-order valence-electron chi connectivity index (χ4n) is 1.38. The molecule has 0 saturated heterocycles. The number of hydrogen-bond donors (Lipinski definition) is 2. The van der Waals surface area contributed by atoms with Gasteiger partial charge in [-0.1, -0.05) is 11.6 Å². The summed E-state index contributed by atoms with van der Waals surface area (Å²) in [5, 5.41) is 3.23. The summed E-state index contributed by atoms with van der Waals surface area (Å²) < 4.78 is 5.45. The van der Waals surface area contributed by atoms with Crippen LogP contribution in [0.15, 0.2) is 18.2 Å². The molecule has 0 spiro atoms. The Morgan fingerprint density at radius 3 is 3.13 bits per heavy atom. The largest absolute Gasteiger partial charge is 0.491 e. The van der Waals surface area contributed by atoms with Crippen molar-refractivity contribution in [2.45, 2.75) is 12.5 Å². The van der Waals surface area contributed by atoms with E-state index in [9.17, 15) is 4.79 Å². The number of carbonyl (C=O) groups is 1. The van der Waals surface area contributed by atoms with E-state index in [0.717, 1.165) is 0 Å². The van der Waals surface area contributed by atoms with Crippen LogP contribution in [0.2, 0.25) is 5.02 Å². The van der Waals surface area contributed by atoms with Crippen molar-refractivity contribution in [2.24, 2.45) is 5.73 Å². The van der Waals surface area contributed by atoms with Crippen LogP contribution in [0.1, 0.15) is 6.42 Å². The standard InChI is InChI=1S/C10H11ClN2O2/c11-6-1-2-9-8(5-6)13-10(14)7(12)3-4-15-9/h1-2,5,7H,3-4,12H2,(H,13,14). The molecule has 1 aliphatic rings. The minimum absolute atomic E-state index is 0.207. The second-order valence-corrected chi connectivity index (χ2v) is 3.81. The maximum absolute atomic E-state index is 11.5. The van der Waals surface area contributed by atoms with Gasteiger partial charge < -0.3 is 15.8 Å². The van der Waals surface area contributed by atoms with Gasteiger partial charge in [-0.05, 0) is 18.2 Å². The first kappa shape index (κ1) is 10.3. The quantitative estimate of drug-likeness (QED) is 0.703. The molecule has 1 aliphatic heterocycles. The van der Waals surface area contributed by atoms with E-state index in [1.807, 2.05) is 0 Å². The molecule has 0 fully saturated rings. The lowest BCUT2D eigenvalue weighted by atomic mass is 10.2. The Morgan fingerprint density at radius 1 is 1.53 bits per heavy atom. The molecule has 15 heavy (non-hydrogen) atoms. The zero-order chi connectivity index (χ0) is 10.8. The Hall–Kier alpha value is -1.26. The van der Waals surface area contributed by atoms with Gasteiger partial charge in [0, 0.05) is 11.4 Å². The molecule has 0 bridgehead atoms. The highest BCUT2D eigenvalue weighted by Gasteiger charge is 2.18. The molecule has 0 radical (unpaired) electrons. The van der Waals surface area contributed by atoms with Crippen LogP contribution in [0.25, 0.3) is 0 Å². The van der Waals surface area contributed by atoms with Crippen molar-refractivity contribution in [3.8, 4) is 5.75 Å². The number of rotatable bonds is 0. The average Bonchev–Trinajstić information content (AvgIpc) is 2.19. The van der Waals surface area contributed by atoms with Crippen molar-refractivity contribution < 1.29 is 9.53 Å². The molecule has 3 N–H and O–H groups in total. The van der Waals surface area contributed by atoms with Gasteiger partial charge in [0.25, 0.3) is 0 Å². The van der Waals surface area contributed by atoms with Gasteiger partial charge in [0.15, 0.2) is 0 Å². The molecule has 0 aromatic heterocycles. The predicted molar refractivity (Wildman–Crippen MR) is 58.2 cm³/mol. The Morgan fingerprint density at radius 2 is 2.33 bits per heavy atom. The van der Waals surface area contributed by atoms with Gasteiger partial charge in [-0.2, -0.15) is 0 Å². The number of anilines is 1. The van der Waals surface area contributed by atoms with Crippen molar-refractivity contribution in [2.75, 3.05) is 11.9 Å². The van der Waals surface area contributed by atoms with E-state index in [4.69, 9.17) is 22.1 Å². The maximum Gasteiger partial charge on any atom is 0.241 e. The number of hydrogen-bond acceptors (Lipinski definition) is 3. The first-order chi connectivity index (χ1) is 7.16. The lowest BCUT2D eigenvalue weighted by Crippen LogP contribution is -2.38. The minimum Gasteiger partial charge on any atom is -0.491 e. The molecule has 1 atom stereocenters. The van der Waals surface area contributed by atoms with Gasteiger partial charge in [-0.15, -0.1) is 0 Å². The topological polar surface area (TPSA) is 64.3 Å². The summed E-state index contributed by atoms with van der Waals surface area (Å²) in [6.07, 6.45) is 0.508. The molecule has 1 heterocycles. The summed E-state index contributed by atoms with van der Waals surface area (Å²) in [7, 11) is 0. The van der Waals surface area contributed by atoms with Crippen LogP contribution >= 0.6 is 11.6 Å². The van der Waals surface area contributed by atoms with Crippen LogP contribution in [0.4, 0.5) is 5.69 Å². The molecule has 0 aliphatic carbocycles. The lowest BCUT2D eigenvalue weighted by molar-refractivity contribution is -0.117. The third kappa shape index (κ3) is 2.22. The summed E-state index contributed by atoms with van der Waals surface area (Å²) in [4.78, 5) is 11.5. The van der Waals surface area contributed by atoms with E-state index in [0.29, 0.717) is 29.5 Å². The number of fused-ring (bicyclic) bond motifs is 1. The predicted octanol–water partition coefficient (Wildman–Crippen LogP) is 1.39. The van der Waals surface area contributed by atoms with Crippen molar-refractivity contribution in [3.63, 3.8) is 0 Å². The summed E-state index contributed by atoms with van der Waals surface area (Å²) >= 11 is 5.82. The Bertz CT molecular complexity index is 395. The van der Waals surface area contributed by atoms with Crippen molar-refractivity contribution in [3.05, 3.63) is 23.2 Å². The number of ether oxygens (including phenoxy) is 1. The van der Waals surface area contributed by atoms with Gasteiger partial charge in [-0.25, -0.2) is 0 Å². The van der Waals surface area contributed by atoms with Crippen LogP contribution in [0.5, 0.6) is 5.75 Å². The summed E-state index contributed by atoms with van der Waals surface area (Å²) in [5.41, 5.74) is 6.19. The van der Waals surface area contributed by atoms with Crippen molar-refractivity contribution in [1.82, 2.24) is 0 Å². The second-order valence-electron chi connectivity index (χ2n) is 3.37. The number of benzene rings is 1. The zero-order valence-corrected chi connectivity index (χ0v) is 8.75. The third-order valence-electron chi connectivity index (χ3n) is 2.22. The van der Waals surface area contributed by atoms with Gasteiger partial charge in [-0.3, -0.25) is 4.79 Å². The van der Waals surface area contributed by atoms with Gasteiger partial charge in [0.05, 0.1) is 18.3 Å². The third-order valence-corrected chi connectivity index (χ3v) is 2.46. The molecule has 1 amide bonds. The smallest absolute Gasteiger partial charge is 0.241 e. The second kappa shape index (κ2) is 4.08. The van der Waals surface area contributed by atoms with E-state index in [2.05, 4.69) is 5.32 Å². The highest BCUT2D eigenvalue weighted by Crippen LogP contribution is 2.29. The molecule has 2 rings (SSSR count). The molecule has 1 aromatic carbocycles. The Balaban J connectivity index is 2.34. The summed E-state index contributed by atoms with van der Waals surface area (Å²) in [5.74, 6) is 0.418. The number of nitrogens with two attached hydrogens (primary N) is 1. The molecule has 80 valence electrons. The number of amides is 1. The van der Waals surface area contributed by atoms with Gasteiger partial charge in [0.2, 0.25) is 5.91 Å². The SMILES string of the molecule is NC1CCOc2ccc(Cl)cc2NC1=O. The molecular weight excluding hydrogens is 216 g/mol. The Kier molecular flexibility index (Phi) is 2.79. The van der Waals surface area contributed by atoms with Crippen LogP contribution in [0, 0.1) is 0 Å². The highest BCUT2D eigenvalue weighted by atomic mass is 35.5. The molecular formula is C10H11ClN2O2. The molecule has 1 unspecified atom stereocenters. The normalized spacial score (nSPS) is 20.7. The molecule has 5 heteroatoms. The number of carbonyl (C=O) groups excluding carboxylic acids is 1. The van der Waals surface area contributed by atoms with Gasteiger partial charge >= 0.3 is 0 Å². The Labute approximate surface area is 92.4 Å². The fourth-order valence-corrected chi connectivity index (χ4v) is 1.55. The molecule has 1 aromatic rings. The van der Waals surface area contributed by atoms with Crippen molar-refractivity contribution >= 4 is 23.2 Å². The van der Waals surface area contributed by atoms with E-state index < -0.39 is 6.04 Å². The highest BCUT2D eigenvalue weighted by molar-refractivity contribution is 6.31. The van der Waals surface area contributed by atoms with Crippen LogP contribution < -0.4 is 15.8 Å². The minimum atomic E-state index is -0.530.